The molecule has 49 heavy (non-hydrogen) atoms. The molecule has 10 nitrogen and oxygen atoms in total. The fraction of sp³-hybridized carbons (Fsp3) is 0.795. The van der Waals surface area contributed by atoms with Gasteiger partial charge in [-0.3, -0.25) is 38.4 Å². The molecule has 0 amide bonds. The summed E-state index contributed by atoms with van der Waals surface area (Å²) in [6.45, 7) is 19.3. The number of rotatable bonds is 27. The smallest absolute Gasteiger partial charge is 0.299 e. The molecule has 0 rings (SSSR count). The maximum atomic E-state index is 13.9. The molecule has 0 N–H and O–H groups in total. The van der Waals surface area contributed by atoms with Crippen LogP contribution in [0.5, 0.6) is 0 Å². The molecule has 0 aromatic rings. The summed E-state index contributed by atoms with van der Waals surface area (Å²) in [7, 11) is 1.18. The highest BCUT2D eigenvalue weighted by atomic mass is 17.2. The van der Waals surface area contributed by atoms with Crippen LogP contribution >= 0.6 is 0 Å². The maximum absolute atomic E-state index is 13.9. The summed E-state index contributed by atoms with van der Waals surface area (Å²) in [5.74, 6) is -11.0. The normalized spacial score (nSPS) is 17.6. The molecule has 0 aromatic carbocycles. The molecule has 10 atom stereocenters. The SMILES string of the molecule is CCC(C)CC(=O)C(C)CC(CC)C(=O)C(=O)C(CC(C)C(=O)C(=O)C(CC)C(C)C(C)C(=O)C(=O)C(C)CC)CC(CC)C(=O)OOC. The van der Waals surface area contributed by atoms with Gasteiger partial charge in [0.1, 0.15) is 5.78 Å². The molecule has 0 spiro atoms. The van der Waals surface area contributed by atoms with Crippen molar-refractivity contribution >= 4 is 46.5 Å². The van der Waals surface area contributed by atoms with Crippen molar-refractivity contribution in [2.75, 3.05) is 7.11 Å². The molecular formula is C39H64O10. The number of ketones is 7. The van der Waals surface area contributed by atoms with Gasteiger partial charge in [-0.05, 0) is 56.8 Å². The molecule has 0 aliphatic heterocycles. The van der Waals surface area contributed by atoms with Crippen molar-refractivity contribution in [2.24, 2.45) is 59.2 Å². The Morgan fingerprint density at radius 2 is 1.00 bits per heavy atom. The lowest BCUT2D eigenvalue weighted by Gasteiger charge is -2.28. The minimum atomic E-state index is -1.07. The molecule has 0 heterocycles. The van der Waals surface area contributed by atoms with Gasteiger partial charge >= 0.3 is 5.97 Å². The van der Waals surface area contributed by atoms with Gasteiger partial charge < -0.3 is 0 Å². The van der Waals surface area contributed by atoms with Crippen molar-refractivity contribution in [1.82, 2.24) is 0 Å². The summed E-state index contributed by atoms with van der Waals surface area (Å²) < 4.78 is 0. The van der Waals surface area contributed by atoms with Gasteiger partial charge in [-0.1, -0.05) is 82.6 Å². The van der Waals surface area contributed by atoms with E-state index < -0.39 is 93.9 Å². The van der Waals surface area contributed by atoms with Crippen LogP contribution in [0, 0.1) is 59.2 Å². The van der Waals surface area contributed by atoms with Gasteiger partial charge in [0.2, 0.25) is 34.7 Å². The van der Waals surface area contributed by atoms with E-state index >= 15 is 0 Å². The highest BCUT2D eigenvalue weighted by Gasteiger charge is 2.41. The van der Waals surface area contributed by atoms with Crippen LogP contribution in [-0.2, 0) is 48.1 Å². The zero-order chi connectivity index (χ0) is 38.2. The lowest BCUT2D eigenvalue weighted by molar-refractivity contribution is -0.259. The number of Topliss-reactive ketones (excluding diaryl/α,β-unsaturated/α-hetero) is 7. The van der Waals surface area contributed by atoms with E-state index in [2.05, 4.69) is 4.89 Å². The Kier molecular flexibility index (Phi) is 21.4. The van der Waals surface area contributed by atoms with Crippen LogP contribution in [-0.4, -0.2) is 53.6 Å². The predicted octanol–water partition coefficient (Wildman–Crippen LogP) is 6.97. The third-order valence-electron chi connectivity index (χ3n) is 10.7. The predicted molar refractivity (Wildman–Crippen MR) is 187 cm³/mol. The van der Waals surface area contributed by atoms with Crippen molar-refractivity contribution in [3.8, 4) is 0 Å². The van der Waals surface area contributed by atoms with Crippen LogP contribution in [0.15, 0.2) is 0 Å². The minimum absolute atomic E-state index is 0.0376. The topological polar surface area (TPSA) is 155 Å². The van der Waals surface area contributed by atoms with Crippen LogP contribution in [0.3, 0.4) is 0 Å². The van der Waals surface area contributed by atoms with E-state index in [1.54, 1.807) is 48.5 Å². The first-order chi connectivity index (χ1) is 22.9. The Morgan fingerprint density at radius 3 is 1.47 bits per heavy atom. The molecule has 0 saturated carbocycles. The summed E-state index contributed by atoms with van der Waals surface area (Å²) in [5.41, 5.74) is 0. The van der Waals surface area contributed by atoms with E-state index in [1.165, 1.54) is 14.0 Å². The van der Waals surface area contributed by atoms with E-state index in [0.717, 1.165) is 6.42 Å². The van der Waals surface area contributed by atoms with Crippen LogP contribution in [0.4, 0.5) is 0 Å². The second-order valence-corrected chi connectivity index (χ2v) is 14.3. The van der Waals surface area contributed by atoms with Gasteiger partial charge in [0.25, 0.3) is 0 Å². The summed E-state index contributed by atoms with van der Waals surface area (Å²) >= 11 is 0. The Bertz CT molecular complexity index is 1160. The Morgan fingerprint density at radius 1 is 0.490 bits per heavy atom. The van der Waals surface area contributed by atoms with Gasteiger partial charge in [0.05, 0.1) is 13.0 Å². The summed E-state index contributed by atoms with van der Waals surface area (Å²) in [6, 6.07) is 0. The van der Waals surface area contributed by atoms with Crippen molar-refractivity contribution in [2.45, 2.75) is 134 Å². The average molecular weight is 693 g/mol. The van der Waals surface area contributed by atoms with Crippen LogP contribution in [0.2, 0.25) is 0 Å². The quantitative estimate of drug-likeness (QED) is 0.0501. The lowest BCUT2D eigenvalue weighted by atomic mass is 9.73. The Labute approximate surface area is 294 Å². The Balaban J connectivity index is 6.27. The van der Waals surface area contributed by atoms with Gasteiger partial charge in [0, 0.05) is 47.8 Å². The molecule has 0 saturated heterocycles. The first-order valence-corrected chi connectivity index (χ1v) is 18.4. The monoisotopic (exact) mass is 692 g/mol. The lowest BCUT2D eigenvalue weighted by Crippen LogP contribution is -2.40. The van der Waals surface area contributed by atoms with E-state index in [9.17, 15) is 38.4 Å². The second kappa shape index (κ2) is 22.8. The standard InChI is InChI=1S/C39H64O10/c1-13-22(6)18-32(40)24(8)19-28(15-3)36(44)37(45)30(21-29(16-4)39(47)49-48-12)20-25(9)34(42)38(46)31(17-5)26(10)27(11)35(43)33(41)23(7)14-2/h22-31H,13-21H2,1-12H3. The summed E-state index contributed by atoms with van der Waals surface area (Å²) in [4.78, 5) is 115. The van der Waals surface area contributed by atoms with Gasteiger partial charge in [-0.25, -0.2) is 4.79 Å². The largest absolute Gasteiger partial charge is 0.345 e. The third kappa shape index (κ3) is 13.7. The highest BCUT2D eigenvalue weighted by Crippen LogP contribution is 2.31. The zero-order valence-electron chi connectivity index (χ0n) is 32.2. The van der Waals surface area contributed by atoms with Crippen LogP contribution < -0.4 is 0 Å². The Hall–Kier alpha value is -2.88. The maximum Gasteiger partial charge on any atom is 0.345 e. The summed E-state index contributed by atoms with van der Waals surface area (Å²) in [5, 5.41) is 0. The van der Waals surface area contributed by atoms with E-state index in [0.29, 0.717) is 19.3 Å². The number of hydrogen-bond acceptors (Lipinski definition) is 10. The van der Waals surface area contributed by atoms with E-state index in [4.69, 9.17) is 4.89 Å². The van der Waals surface area contributed by atoms with Crippen molar-refractivity contribution in [3.63, 3.8) is 0 Å². The first-order valence-electron chi connectivity index (χ1n) is 18.4. The van der Waals surface area contributed by atoms with Crippen LogP contribution in [0.25, 0.3) is 0 Å². The molecule has 0 fully saturated rings. The molecule has 0 aliphatic carbocycles. The molecule has 280 valence electrons. The molecule has 0 radical (unpaired) electrons. The molecule has 0 bridgehead atoms. The second-order valence-electron chi connectivity index (χ2n) is 14.3. The van der Waals surface area contributed by atoms with Crippen LogP contribution in [0.1, 0.15) is 134 Å². The van der Waals surface area contributed by atoms with Crippen molar-refractivity contribution in [3.05, 3.63) is 0 Å². The fourth-order valence-corrected chi connectivity index (χ4v) is 6.34. The van der Waals surface area contributed by atoms with E-state index in [1.807, 2.05) is 20.8 Å². The average Bonchev–Trinajstić information content (AvgIpc) is 3.09. The van der Waals surface area contributed by atoms with Gasteiger partial charge in [-0.15, -0.1) is 0 Å². The molecule has 10 unspecified atom stereocenters. The molecular weight excluding hydrogens is 628 g/mol. The summed E-state index contributed by atoms with van der Waals surface area (Å²) in [6.07, 6.45) is 2.60. The van der Waals surface area contributed by atoms with Gasteiger partial charge in [-0.2, -0.15) is 4.89 Å². The van der Waals surface area contributed by atoms with Crippen molar-refractivity contribution < 1.29 is 48.1 Å². The first kappa shape index (κ1) is 46.1. The van der Waals surface area contributed by atoms with Gasteiger partial charge in [0.15, 0.2) is 0 Å². The molecule has 0 aromatic heterocycles. The molecule has 0 aliphatic rings. The number of carbonyl (C=O) groups is 8. The third-order valence-corrected chi connectivity index (χ3v) is 10.7. The van der Waals surface area contributed by atoms with E-state index in [-0.39, 0.29) is 43.8 Å². The molecule has 10 heteroatoms. The number of carbonyl (C=O) groups excluding carboxylic acids is 8. The zero-order valence-corrected chi connectivity index (χ0v) is 32.2. The highest BCUT2D eigenvalue weighted by molar-refractivity contribution is 6.41. The fourth-order valence-electron chi connectivity index (χ4n) is 6.34. The van der Waals surface area contributed by atoms with Crippen molar-refractivity contribution in [1.29, 1.82) is 0 Å². The minimum Gasteiger partial charge on any atom is -0.299 e. The number of hydrogen-bond donors (Lipinski definition) is 0.